The number of fused-ring (bicyclic) bond motifs is 6. The average Bonchev–Trinajstić information content (AvgIpc) is 3.92. The first-order chi connectivity index (χ1) is 30.7. The van der Waals surface area contributed by atoms with Gasteiger partial charge in [-0.05, 0) is 145 Å². The van der Waals surface area contributed by atoms with Gasteiger partial charge in [0.05, 0.1) is 0 Å². The van der Waals surface area contributed by atoms with Gasteiger partial charge < -0.3 is 4.42 Å². The van der Waals surface area contributed by atoms with E-state index in [0.717, 1.165) is 33.1 Å². The molecule has 0 fully saturated rings. The van der Waals surface area contributed by atoms with E-state index in [0.29, 0.717) is 0 Å². The van der Waals surface area contributed by atoms with Crippen LogP contribution in [0.4, 0.5) is 0 Å². The molecule has 0 aliphatic carbocycles. The molecule has 2 heterocycles. The molecule has 0 saturated carbocycles. The molecule has 10 aromatic carbocycles. The van der Waals surface area contributed by atoms with Crippen LogP contribution >= 0.6 is 11.3 Å². The summed E-state index contributed by atoms with van der Waals surface area (Å²) in [5.74, 6) is 0. The maximum absolute atomic E-state index is 6.22. The molecule has 0 amide bonds. The summed E-state index contributed by atoms with van der Waals surface area (Å²) >= 11 is 1.87. The summed E-state index contributed by atoms with van der Waals surface area (Å²) in [5.41, 5.74) is 18.5. The number of benzene rings is 10. The van der Waals surface area contributed by atoms with Crippen LogP contribution in [0.3, 0.4) is 0 Å². The van der Waals surface area contributed by atoms with E-state index in [-0.39, 0.29) is 0 Å². The summed E-state index contributed by atoms with van der Waals surface area (Å²) in [6.07, 6.45) is 0. The molecule has 1 nitrogen and oxygen atoms in total. The van der Waals surface area contributed by atoms with Crippen molar-refractivity contribution < 1.29 is 4.42 Å². The number of rotatable bonds is 7. The van der Waals surface area contributed by atoms with Gasteiger partial charge in [0.1, 0.15) is 11.2 Å². The number of para-hydroxylation sites is 1. The van der Waals surface area contributed by atoms with Gasteiger partial charge >= 0.3 is 0 Å². The summed E-state index contributed by atoms with van der Waals surface area (Å²) in [6, 6.07) is 83.8. The van der Waals surface area contributed by atoms with Crippen molar-refractivity contribution >= 4 is 53.4 Å². The smallest absolute Gasteiger partial charge is 0.136 e. The molecule has 0 atom stereocenters. The quantitative estimate of drug-likeness (QED) is 0.156. The molecule has 0 saturated heterocycles. The molecule has 0 aliphatic heterocycles. The van der Waals surface area contributed by atoms with Crippen molar-refractivity contribution in [3.63, 3.8) is 0 Å². The van der Waals surface area contributed by atoms with Crippen LogP contribution in [-0.4, -0.2) is 0 Å². The Bertz CT molecular complexity index is 3420. The topological polar surface area (TPSA) is 13.1 Å². The fourth-order valence-corrected chi connectivity index (χ4v) is 10.2. The van der Waals surface area contributed by atoms with Crippen molar-refractivity contribution in [3.05, 3.63) is 231 Å². The lowest BCUT2D eigenvalue weighted by atomic mass is 9.93. The lowest BCUT2D eigenvalue weighted by Crippen LogP contribution is -1.86. The summed E-state index contributed by atoms with van der Waals surface area (Å²) in [4.78, 5) is 0. The Balaban J connectivity index is 0.812. The third kappa shape index (κ3) is 6.59. The molecule has 0 aliphatic rings. The van der Waals surface area contributed by atoms with Crippen LogP contribution in [0.2, 0.25) is 0 Å². The van der Waals surface area contributed by atoms with E-state index < -0.39 is 0 Å². The Morgan fingerprint density at radius 2 is 0.532 bits per heavy atom. The summed E-state index contributed by atoms with van der Waals surface area (Å²) < 4.78 is 8.88. The molecule has 0 spiro atoms. The zero-order valence-corrected chi connectivity index (χ0v) is 34.6. The predicted molar refractivity (Wildman–Crippen MR) is 265 cm³/mol. The number of furan rings is 1. The molecule has 62 heavy (non-hydrogen) atoms. The highest BCUT2D eigenvalue weighted by molar-refractivity contribution is 7.25. The normalized spacial score (nSPS) is 11.5. The van der Waals surface area contributed by atoms with E-state index in [1.807, 2.05) is 23.5 Å². The van der Waals surface area contributed by atoms with Crippen molar-refractivity contribution in [2.75, 3.05) is 0 Å². The third-order valence-corrected chi connectivity index (χ3v) is 13.4. The lowest BCUT2D eigenvalue weighted by Gasteiger charge is -2.11. The highest BCUT2D eigenvalue weighted by Gasteiger charge is 2.12. The molecule has 0 radical (unpaired) electrons. The van der Waals surface area contributed by atoms with E-state index in [9.17, 15) is 0 Å². The monoisotopic (exact) mass is 806 g/mol. The fraction of sp³-hybridized carbons (Fsp3) is 0. The van der Waals surface area contributed by atoms with Gasteiger partial charge in [-0.2, -0.15) is 0 Å². The Hall–Kier alpha value is -7.78. The van der Waals surface area contributed by atoms with Crippen molar-refractivity contribution in [2.45, 2.75) is 0 Å². The van der Waals surface area contributed by atoms with Gasteiger partial charge in [-0.1, -0.05) is 164 Å². The molecule has 2 aromatic heterocycles. The van der Waals surface area contributed by atoms with Gasteiger partial charge in [0.25, 0.3) is 0 Å². The first kappa shape index (κ1) is 36.1. The second kappa shape index (κ2) is 15.0. The molecule has 2 heteroatoms. The first-order valence-electron chi connectivity index (χ1n) is 21.1. The van der Waals surface area contributed by atoms with Crippen LogP contribution in [-0.2, 0) is 0 Å². The summed E-state index contributed by atoms with van der Waals surface area (Å²) in [6.45, 7) is 0. The van der Waals surface area contributed by atoms with Crippen molar-refractivity contribution in [3.8, 4) is 77.9 Å². The average molecular weight is 807 g/mol. The zero-order chi connectivity index (χ0) is 41.0. The first-order valence-corrected chi connectivity index (χ1v) is 21.9. The van der Waals surface area contributed by atoms with Gasteiger partial charge in [0.2, 0.25) is 0 Å². The molecular weight excluding hydrogens is 769 g/mol. The Morgan fingerprint density at radius 1 is 0.210 bits per heavy atom. The lowest BCUT2D eigenvalue weighted by molar-refractivity contribution is 0.669. The largest absolute Gasteiger partial charge is 0.456 e. The van der Waals surface area contributed by atoms with E-state index >= 15 is 0 Å². The van der Waals surface area contributed by atoms with Crippen LogP contribution < -0.4 is 0 Å². The number of hydrogen-bond acceptors (Lipinski definition) is 2. The van der Waals surface area contributed by atoms with Crippen molar-refractivity contribution in [1.29, 1.82) is 0 Å². The second-order valence-corrected chi connectivity index (χ2v) is 17.2. The minimum atomic E-state index is 0.911. The molecule has 0 bridgehead atoms. The van der Waals surface area contributed by atoms with E-state index in [2.05, 4.69) is 218 Å². The maximum atomic E-state index is 6.22. The van der Waals surface area contributed by atoms with E-state index in [4.69, 9.17) is 4.42 Å². The summed E-state index contributed by atoms with van der Waals surface area (Å²) in [5, 5.41) is 4.96. The molecule has 0 N–H and O–H groups in total. The van der Waals surface area contributed by atoms with Crippen LogP contribution in [0.15, 0.2) is 235 Å². The molecule has 0 unspecified atom stereocenters. The third-order valence-electron chi connectivity index (χ3n) is 12.3. The number of thiophene rings is 1. The molecule has 12 aromatic rings. The molecular formula is C60H38OS. The van der Waals surface area contributed by atoms with Crippen molar-refractivity contribution in [2.24, 2.45) is 0 Å². The van der Waals surface area contributed by atoms with Gasteiger partial charge in [0.15, 0.2) is 0 Å². The Kier molecular flexibility index (Phi) is 8.76. The van der Waals surface area contributed by atoms with Crippen LogP contribution in [0.25, 0.3) is 120 Å². The van der Waals surface area contributed by atoms with Crippen molar-refractivity contribution in [1.82, 2.24) is 0 Å². The predicted octanol–water partition coefficient (Wildman–Crippen LogP) is 17.6. The van der Waals surface area contributed by atoms with Gasteiger partial charge in [-0.25, -0.2) is 0 Å². The SMILES string of the molecule is c1cc(-c2cccc(-c3cccc(-c4cccc(-c5ccc6c(c5)sc5ccccc56)c4)c3)c2)cc(-c2cccc(-c3cccc(-c4ccc5c(c4)oc4ccccc45)c3)c2)c1. The minimum Gasteiger partial charge on any atom is -0.456 e. The number of hydrogen-bond donors (Lipinski definition) is 0. The van der Waals surface area contributed by atoms with E-state index in [1.54, 1.807) is 0 Å². The van der Waals surface area contributed by atoms with Gasteiger partial charge in [0, 0.05) is 30.9 Å². The van der Waals surface area contributed by atoms with Crippen LogP contribution in [0, 0.1) is 0 Å². The fourth-order valence-electron chi connectivity index (χ4n) is 9.08. The Morgan fingerprint density at radius 3 is 0.984 bits per heavy atom. The molecule has 290 valence electrons. The standard InChI is InChI=1S/C60H38OS/c1-3-25-57-53(23-1)54-29-27-51(37-58(54)61-57)49-21-9-19-47(35-49)45-17-7-15-43(33-45)41-13-5-11-39(31-41)40-12-6-14-42(32-40)44-16-8-18-46(34-44)48-20-10-22-50(36-48)52-28-30-56-55-24-2-4-26-59(55)62-60(56)38-52/h1-38H. The van der Waals surface area contributed by atoms with Gasteiger partial charge in [-0.15, -0.1) is 11.3 Å². The molecule has 12 rings (SSSR count). The van der Waals surface area contributed by atoms with Crippen LogP contribution in [0.1, 0.15) is 0 Å². The van der Waals surface area contributed by atoms with Crippen LogP contribution in [0.5, 0.6) is 0 Å². The van der Waals surface area contributed by atoms with E-state index in [1.165, 1.54) is 86.9 Å². The summed E-state index contributed by atoms with van der Waals surface area (Å²) in [7, 11) is 0. The highest BCUT2D eigenvalue weighted by atomic mass is 32.1. The second-order valence-electron chi connectivity index (χ2n) is 16.1. The minimum absolute atomic E-state index is 0.911. The maximum Gasteiger partial charge on any atom is 0.136 e. The zero-order valence-electron chi connectivity index (χ0n) is 33.8. The van der Waals surface area contributed by atoms with Gasteiger partial charge in [-0.3, -0.25) is 0 Å². The highest BCUT2D eigenvalue weighted by Crippen LogP contribution is 2.39. The Labute approximate surface area is 364 Å².